The van der Waals surface area contributed by atoms with E-state index in [1.54, 1.807) is 13.1 Å². The van der Waals surface area contributed by atoms with Gasteiger partial charge in [-0.25, -0.2) is 0 Å². The second kappa shape index (κ2) is 8.01. The van der Waals surface area contributed by atoms with Crippen LogP contribution in [0.2, 0.25) is 0 Å². The molecule has 1 atom stereocenters. The molecule has 0 radical (unpaired) electrons. The number of carbonyl (C=O) groups is 2. The summed E-state index contributed by atoms with van der Waals surface area (Å²) >= 11 is 1.36. The van der Waals surface area contributed by atoms with Crippen molar-refractivity contribution in [1.82, 2.24) is 10.2 Å². The Morgan fingerprint density at radius 2 is 2.15 bits per heavy atom. The van der Waals surface area contributed by atoms with Crippen LogP contribution in [0.3, 0.4) is 0 Å². The van der Waals surface area contributed by atoms with Crippen LogP contribution in [0.15, 0.2) is 17.5 Å². The fourth-order valence-corrected chi connectivity index (χ4v) is 2.56. The van der Waals surface area contributed by atoms with E-state index in [1.165, 1.54) is 16.2 Å². The number of carbonyl (C=O) groups excluding carboxylic acids is 2. The van der Waals surface area contributed by atoms with Gasteiger partial charge in [-0.05, 0) is 23.8 Å². The summed E-state index contributed by atoms with van der Waals surface area (Å²) in [5.41, 5.74) is 0. The molecular formula is C14H22N2O3S. The van der Waals surface area contributed by atoms with Crippen LogP contribution in [0.25, 0.3) is 0 Å². The molecular weight excluding hydrogens is 276 g/mol. The Labute approximate surface area is 123 Å². The molecule has 0 saturated heterocycles. The number of likely N-dealkylation sites (N-methyl/N-ethyl adjacent to an activating group) is 1. The third-order valence-electron chi connectivity index (χ3n) is 3.05. The molecule has 1 heterocycles. The monoisotopic (exact) mass is 298 g/mol. The van der Waals surface area contributed by atoms with E-state index in [-0.39, 0.29) is 36.9 Å². The molecule has 0 saturated carbocycles. The quantitative estimate of drug-likeness (QED) is 0.798. The normalized spacial score (nSPS) is 12.2. The molecule has 0 aliphatic rings. The lowest BCUT2D eigenvalue weighted by Crippen LogP contribution is -2.45. The average molecular weight is 298 g/mol. The van der Waals surface area contributed by atoms with Crippen molar-refractivity contribution < 1.29 is 14.7 Å². The number of thiophene rings is 1. The van der Waals surface area contributed by atoms with Crippen LogP contribution >= 0.6 is 11.3 Å². The smallest absolute Gasteiger partial charge is 0.264 e. The first-order valence-corrected chi connectivity index (χ1v) is 7.52. The zero-order chi connectivity index (χ0) is 15.1. The lowest BCUT2D eigenvalue weighted by Gasteiger charge is -2.23. The Balaban J connectivity index is 2.50. The molecule has 0 aliphatic heterocycles. The molecule has 0 fully saturated rings. The fraction of sp³-hybridized carbons (Fsp3) is 0.571. The molecule has 6 heteroatoms. The number of rotatable bonds is 7. The van der Waals surface area contributed by atoms with Gasteiger partial charge in [0.25, 0.3) is 5.91 Å². The van der Waals surface area contributed by atoms with Gasteiger partial charge >= 0.3 is 0 Å². The van der Waals surface area contributed by atoms with Gasteiger partial charge in [0.2, 0.25) is 5.91 Å². The number of aliphatic hydroxyl groups is 1. The van der Waals surface area contributed by atoms with Gasteiger partial charge in [-0.1, -0.05) is 19.9 Å². The van der Waals surface area contributed by atoms with E-state index >= 15 is 0 Å². The van der Waals surface area contributed by atoms with Crippen LogP contribution in [0, 0.1) is 5.92 Å². The van der Waals surface area contributed by atoms with Crippen LogP contribution in [-0.2, 0) is 4.79 Å². The largest absolute Gasteiger partial charge is 0.396 e. The van der Waals surface area contributed by atoms with E-state index < -0.39 is 0 Å². The molecule has 0 bridgehead atoms. The van der Waals surface area contributed by atoms with E-state index in [2.05, 4.69) is 5.32 Å². The van der Waals surface area contributed by atoms with Crippen LogP contribution in [0.5, 0.6) is 0 Å². The van der Waals surface area contributed by atoms with Gasteiger partial charge < -0.3 is 15.3 Å². The molecule has 1 unspecified atom stereocenters. The Morgan fingerprint density at radius 1 is 1.45 bits per heavy atom. The number of nitrogens with one attached hydrogen (secondary N) is 1. The first kappa shape index (κ1) is 16.7. The van der Waals surface area contributed by atoms with Crippen molar-refractivity contribution >= 4 is 23.2 Å². The van der Waals surface area contributed by atoms with Crippen molar-refractivity contribution in [1.29, 1.82) is 0 Å². The van der Waals surface area contributed by atoms with Gasteiger partial charge in [0.15, 0.2) is 0 Å². The van der Waals surface area contributed by atoms with Crippen LogP contribution < -0.4 is 5.32 Å². The number of hydrogen-bond donors (Lipinski definition) is 2. The van der Waals surface area contributed by atoms with Crippen molar-refractivity contribution in [3.8, 4) is 0 Å². The van der Waals surface area contributed by atoms with Gasteiger partial charge in [-0.2, -0.15) is 0 Å². The van der Waals surface area contributed by atoms with E-state index in [1.807, 2.05) is 25.3 Å². The highest BCUT2D eigenvalue weighted by molar-refractivity contribution is 7.12. The molecule has 0 aromatic carbocycles. The highest BCUT2D eigenvalue weighted by atomic mass is 32.1. The predicted octanol–water partition coefficient (Wildman–Crippen LogP) is 1.34. The Hall–Kier alpha value is -1.40. The molecule has 0 aliphatic carbocycles. The average Bonchev–Trinajstić information content (AvgIpc) is 2.90. The molecule has 2 amide bonds. The number of aliphatic hydroxyl groups excluding tert-OH is 1. The summed E-state index contributed by atoms with van der Waals surface area (Å²) in [6.45, 7) is 4.03. The maximum atomic E-state index is 12.0. The highest BCUT2D eigenvalue weighted by Gasteiger charge is 2.19. The Morgan fingerprint density at radius 3 is 2.65 bits per heavy atom. The fourth-order valence-electron chi connectivity index (χ4n) is 1.84. The summed E-state index contributed by atoms with van der Waals surface area (Å²) in [6, 6.07) is 3.48. The minimum Gasteiger partial charge on any atom is -0.396 e. The molecule has 0 spiro atoms. The summed E-state index contributed by atoms with van der Waals surface area (Å²) in [5, 5.41) is 13.7. The summed E-state index contributed by atoms with van der Waals surface area (Å²) in [6.07, 6.45) is 0.520. The van der Waals surface area contributed by atoms with Gasteiger partial charge in [0, 0.05) is 19.7 Å². The zero-order valence-electron chi connectivity index (χ0n) is 12.1. The van der Waals surface area contributed by atoms with Crippen molar-refractivity contribution in [2.24, 2.45) is 5.92 Å². The lowest BCUT2D eigenvalue weighted by molar-refractivity contribution is -0.122. The molecule has 1 aromatic rings. The molecule has 1 aromatic heterocycles. The molecule has 20 heavy (non-hydrogen) atoms. The number of amides is 2. The van der Waals surface area contributed by atoms with E-state index in [4.69, 9.17) is 5.11 Å². The van der Waals surface area contributed by atoms with Crippen molar-refractivity contribution in [2.45, 2.75) is 26.3 Å². The van der Waals surface area contributed by atoms with E-state index in [0.717, 1.165) is 0 Å². The third kappa shape index (κ3) is 4.94. The van der Waals surface area contributed by atoms with E-state index in [9.17, 15) is 9.59 Å². The van der Waals surface area contributed by atoms with Crippen LogP contribution in [0.4, 0.5) is 0 Å². The standard InChI is InChI=1S/C14H22N2O3S/c1-10(2)11(6-7-17)15-13(18)9-16(3)14(19)12-5-4-8-20-12/h4-5,8,10-11,17H,6-7,9H2,1-3H3,(H,15,18). The maximum Gasteiger partial charge on any atom is 0.264 e. The van der Waals surface area contributed by atoms with E-state index in [0.29, 0.717) is 11.3 Å². The minimum atomic E-state index is -0.204. The Kier molecular flexibility index (Phi) is 6.67. The van der Waals surface area contributed by atoms with Crippen LogP contribution in [-0.4, -0.2) is 48.1 Å². The highest BCUT2D eigenvalue weighted by Crippen LogP contribution is 2.11. The number of hydrogen-bond acceptors (Lipinski definition) is 4. The second-order valence-electron chi connectivity index (χ2n) is 5.07. The summed E-state index contributed by atoms with van der Waals surface area (Å²) in [4.78, 5) is 26.0. The third-order valence-corrected chi connectivity index (χ3v) is 3.91. The van der Waals surface area contributed by atoms with Crippen molar-refractivity contribution in [3.63, 3.8) is 0 Å². The summed E-state index contributed by atoms with van der Waals surface area (Å²) in [5.74, 6) is -0.118. The van der Waals surface area contributed by atoms with Gasteiger partial charge in [-0.15, -0.1) is 11.3 Å². The topological polar surface area (TPSA) is 69.6 Å². The lowest BCUT2D eigenvalue weighted by atomic mass is 10.0. The van der Waals surface area contributed by atoms with Gasteiger partial charge in [0.05, 0.1) is 11.4 Å². The molecule has 112 valence electrons. The maximum absolute atomic E-state index is 12.0. The second-order valence-corrected chi connectivity index (χ2v) is 6.02. The SMILES string of the molecule is CC(C)C(CCO)NC(=O)CN(C)C(=O)c1cccs1. The molecule has 5 nitrogen and oxygen atoms in total. The Bertz CT molecular complexity index is 432. The molecule has 2 N–H and O–H groups in total. The van der Waals surface area contributed by atoms with Crippen molar-refractivity contribution in [2.75, 3.05) is 20.2 Å². The minimum absolute atomic E-state index is 0.0192. The predicted molar refractivity (Wildman–Crippen MR) is 79.8 cm³/mol. The van der Waals surface area contributed by atoms with Gasteiger partial charge in [-0.3, -0.25) is 9.59 Å². The summed E-state index contributed by atoms with van der Waals surface area (Å²) < 4.78 is 0. The first-order chi connectivity index (χ1) is 9.45. The van der Waals surface area contributed by atoms with Crippen LogP contribution in [0.1, 0.15) is 29.9 Å². The zero-order valence-corrected chi connectivity index (χ0v) is 12.9. The van der Waals surface area contributed by atoms with Gasteiger partial charge in [0.1, 0.15) is 0 Å². The number of nitrogens with zero attached hydrogens (tertiary/aromatic N) is 1. The molecule has 1 rings (SSSR count). The summed E-state index contributed by atoms with van der Waals surface area (Å²) in [7, 11) is 1.61. The van der Waals surface area contributed by atoms with Crippen molar-refractivity contribution in [3.05, 3.63) is 22.4 Å². The first-order valence-electron chi connectivity index (χ1n) is 6.65.